The van der Waals surface area contributed by atoms with Gasteiger partial charge in [0.05, 0.1) is 22.3 Å². The van der Waals surface area contributed by atoms with Gasteiger partial charge in [0.15, 0.2) is 0 Å². The molecule has 6 heteroatoms. The monoisotopic (exact) mass is 273 g/mol. The molecule has 0 aliphatic heterocycles. The third-order valence-electron chi connectivity index (χ3n) is 2.51. The van der Waals surface area contributed by atoms with E-state index in [-0.39, 0.29) is 0 Å². The number of hydrogen-bond donors (Lipinski definition) is 0. The van der Waals surface area contributed by atoms with Crippen molar-refractivity contribution >= 4 is 21.6 Å². The second kappa shape index (κ2) is 4.81. The lowest BCUT2D eigenvalue weighted by Crippen LogP contribution is -1.93. The van der Waals surface area contributed by atoms with Crippen LogP contribution in [-0.2, 0) is 0 Å². The Morgan fingerprint density at radius 3 is 2.58 bits per heavy atom. The lowest BCUT2D eigenvalue weighted by atomic mass is 10.3. The SMILES string of the molecule is COc1ccc(Oc2ccc3sc(C)nc3c2)nn1. The summed E-state index contributed by atoms with van der Waals surface area (Å²) < 4.78 is 11.7. The topological polar surface area (TPSA) is 57.1 Å². The van der Waals surface area contributed by atoms with Crippen molar-refractivity contribution in [2.75, 3.05) is 7.11 Å². The third-order valence-corrected chi connectivity index (χ3v) is 3.46. The van der Waals surface area contributed by atoms with Crippen LogP contribution in [-0.4, -0.2) is 22.3 Å². The quantitative estimate of drug-likeness (QED) is 0.733. The van der Waals surface area contributed by atoms with Gasteiger partial charge in [-0.25, -0.2) is 4.98 Å². The van der Waals surface area contributed by atoms with E-state index >= 15 is 0 Å². The molecule has 3 aromatic rings. The van der Waals surface area contributed by atoms with Crippen LogP contribution in [0.4, 0.5) is 0 Å². The van der Waals surface area contributed by atoms with Gasteiger partial charge in [0, 0.05) is 18.2 Å². The van der Waals surface area contributed by atoms with Gasteiger partial charge in [-0.3, -0.25) is 0 Å². The predicted octanol–water partition coefficient (Wildman–Crippen LogP) is 3.20. The van der Waals surface area contributed by atoms with Gasteiger partial charge in [0.1, 0.15) is 5.75 Å². The number of benzene rings is 1. The van der Waals surface area contributed by atoms with Crippen molar-refractivity contribution in [1.82, 2.24) is 15.2 Å². The summed E-state index contributed by atoms with van der Waals surface area (Å²) >= 11 is 1.66. The Labute approximate surface area is 113 Å². The molecule has 0 saturated carbocycles. The van der Waals surface area contributed by atoms with Gasteiger partial charge in [-0.2, -0.15) is 0 Å². The van der Waals surface area contributed by atoms with Gasteiger partial charge >= 0.3 is 0 Å². The van der Waals surface area contributed by atoms with E-state index in [1.807, 2.05) is 25.1 Å². The lowest BCUT2D eigenvalue weighted by Gasteiger charge is -2.04. The first-order chi connectivity index (χ1) is 9.24. The molecular weight excluding hydrogens is 262 g/mol. The van der Waals surface area contributed by atoms with Crippen LogP contribution in [0.1, 0.15) is 5.01 Å². The van der Waals surface area contributed by atoms with E-state index < -0.39 is 0 Å². The maximum atomic E-state index is 5.63. The maximum absolute atomic E-state index is 5.63. The van der Waals surface area contributed by atoms with Crippen LogP contribution < -0.4 is 9.47 Å². The van der Waals surface area contributed by atoms with Crippen LogP contribution in [0, 0.1) is 6.92 Å². The summed E-state index contributed by atoms with van der Waals surface area (Å²) in [6, 6.07) is 9.19. The number of aromatic nitrogens is 3. The number of thiazole rings is 1. The average molecular weight is 273 g/mol. The first kappa shape index (κ1) is 11.9. The largest absolute Gasteiger partial charge is 0.480 e. The fourth-order valence-electron chi connectivity index (χ4n) is 1.68. The van der Waals surface area contributed by atoms with Crippen LogP contribution in [0.3, 0.4) is 0 Å². The maximum Gasteiger partial charge on any atom is 0.239 e. The molecule has 0 fully saturated rings. The van der Waals surface area contributed by atoms with E-state index in [4.69, 9.17) is 9.47 Å². The molecule has 1 aromatic carbocycles. The smallest absolute Gasteiger partial charge is 0.239 e. The molecule has 0 bridgehead atoms. The Kier molecular flexibility index (Phi) is 3.00. The van der Waals surface area contributed by atoms with Crippen molar-refractivity contribution in [2.45, 2.75) is 6.92 Å². The minimum Gasteiger partial charge on any atom is -0.480 e. The summed E-state index contributed by atoms with van der Waals surface area (Å²) in [6.07, 6.45) is 0. The molecule has 0 unspecified atom stereocenters. The number of aryl methyl sites for hydroxylation is 1. The van der Waals surface area contributed by atoms with Gasteiger partial charge in [0.2, 0.25) is 11.8 Å². The van der Waals surface area contributed by atoms with E-state index in [0.29, 0.717) is 17.5 Å². The first-order valence-corrected chi connectivity index (χ1v) is 6.49. The molecule has 0 amide bonds. The molecule has 0 aliphatic carbocycles. The molecule has 5 nitrogen and oxygen atoms in total. The zero-order chi connectivity index (χ0) is 13.2. The van der Waals surface area contributed by atoms with Gasteiger partial charge in [-0.05, 0) is 19.1 Å². The Hall–Kier alpha value is -2.21. The van der Waals surface area contributed by atoms with Gasteiger partial charge < -0.3 is 9.47 Å². The molecule has 2 heterocycles. The third kappa shape index (κ3) is 2.48. The van der Waals surface area contributed by atoms with Gasteiger partial charge in [0.25, 0.3) is 0 Å². The number of nitrogens with zero attached hydrogens (tertiary/aromatic N) is 3. The van der Waals surface area contributed by atoms with Crippen molar-refractivity contribution in [2.24, 2.45) is 0 Å². The number of rotatable bonds is 3. The fourth-order valence-corrected chi connectivity index (χ4v) is 2.49. The normalized spacial score (nSPS) is 10.6. The molecule has 0 saturated heterocycles. The summed E-state index contributed by atoms with van der Waals surface area (Å²) in [7, 11) is 1.54. The summed E-state index contributed by atoms with van der Waals surface area (Å²) in [4.78, 5) is 4.43. The highest BCUT2D eigenvalue weighted by Crippen LogP contribution is 2.27. The molecule has 0 N–H and O–H groups in total. The molecule has 19 heavy (non-hydrogen) atoms. The summed E-state index contributed by atoms with van der Waals surface area (Å²) in [5.41, 5.74) is 0.932. The highest BCUT2D eigenvalue weighted by molar-refractivity contribution is 7.18. The molecule has 96 valence electrons. The van der Waals surface area contributed by atoms with Crippen molar-refractivity contribution < 1.29 is 9.47 Å². The number of hydrogen-bond acceptors (Lipinski definition) is 6. The number of ether oxygens (including phenoxy) is 2. The van der Waals surface area contributed by atoms with Gasteiger partial charge in [-0.15, -0.1) is 21.5 Å². The van der Waals surface area contributed by atoms with Crippen LogP contribution in [0.2, 0.25) is 0 Å². The molecule has 0 radical (unpaired) electrons. The van der Waals surface area contributed by atoms with E-state index in [1.54, 1.807) is 30.6 Å². The van der Waals surface area contributed by atoms with E-state index in [0.717, 1.165) is 15.2 Å². The van der Waals surface area contributed by atoms with Crippen LogP contribution in [0.25, 0.3) is 10.2 Å². The highest BCUT2D eigenvalue weighted by atomic mass is 32.1. The Morgan fingerprint density at radius 2 is 1.84 bits per heavy atom. The molecule has 0 spiro atoms. The second-order valence-corrected chi connectivity index (χ2v) is 5.11. The highest BCUT2D eigenvalue weighted by Gasteiger charge is 2.04. The predicted molar refractivity (Wildman–Crippen MR) is 73.0 cm³/mol. The Morgan fingerprint density at radius 1 is 1.05 bits per heavy atom. The van der Waals surface area contributed by atoms with Gasteiger partial charge in [-0.1, -0.05) is 0 Å². The van der Waals surface area contributed by atoms with Crippen LogP contribution >= 0.6 is 11.3 Å². The molecule has 0 atom stereocenters. The van der Waals surface area contributed by atoms with E-state index in [9.17, 15) is 0 Å². The molecule has 2 aromatic heterocycles. The molecular formula is C13H11N3O2S. The minimum absolute atomic E-state index is 0.423. The summed E-state index contributed by atoms with van der Waals surface area (Å²) in [6.45, 7) is 1.99. The van der Waals surface area contributed by atoms with Crippen molar-refractivity contribution in [1.29, 1.82) is 0 Å². The minimum atomic E-state index is 0.423. The van der Waals surface area contributed by atoms with Crippen molar-refractivity contribution in [3.8, 4) is 17.5 Å². The zero-order valence-electron chi connectivity index (χ0n) is 10.5. The molecule has 3 rings (SSSR count). The lowest BCUT2D eigenvalue weighted by molar-refractivity contribution is 0.383. The van der Waals surface area contributed by atoms with Crippen LogP contribution in [0.15, 0.2) is 30.3 Å². The first-order valence-electron chi connectivity index (χ1n) is 5.67. The Balaban J connectivity index is 1.87. The average Bonchev–Trinajstić information content (AvgIpc) is 2.79. The van der Waals surface area contributed by atoms with E-state index in [2.05, 4.69) is 15.2 Å². The van der Waals surface area contributed by atoms with Crippen LogP contribution in [0.5, 0.6) is 17.5 Å². The Bertz CT molecular complexity index is 709. The second-order valence-electron chi connectivity index (χ2n) is 3.88. The zero-order valence-corrected chi connectivity index (χ0v) is 11.3. The molecule has 0 aliphatic rings. The summed E-state index contributed by atoms with van der Waals surface area (Å²) in [5.74, 6) is 1.57. The standard InChI is InChI=1S/C13H11N3O2S/c1-8-14-10-7-9(3-4-11(10)19-8)18-13-6-5-12(17-2)15-16-13/h3-7H,1-2H3. The fraction of sp³-hybridized carbons (Fsp3) is 0.154. The van der Waals surface area contributed by atoms with Crippen molar-refractivity contribution in [3.05, 3.63) is 35.3 Å². The summed E-state index contributed by atoms with van der Waals surface area (Å²) in [5, 5.41) is 8.80. The number of methoxy groups -OCH3 is 1. The van der Waals surface area contributed by atoms with E-state index in [1.165, 1.54) is 0 Å². The van der Waals surface area contributed by atoms with Crippen molar-refractivity contribution in [3.63, 3.8) is 0 Å². The number of fused-ring (bicyclic) bond motifs is 1.